The number of phenolic OH excluding ortho intramolecular Hbond substituents is 1. The van der Waals surface area contributed by atoms with Crippen LogP contribution in [0.3, 0.4) is 0 Å². The Hall–Kier alpha value is -3.52. The molecular formula is C27H24O2. The van der Waals surface area contributed by atoms with Crippen molar-refractivity contribution in [2.45, 2.75) is 11.8 Å². The number of methoxy groups -OCH3 is 1. The molecule has 4 rings (SSSR count). The van der Waals surface area contributed by atoms with E-state index in [9.17, 15) is 5.11 Å². The van der Waals surface area contributed by atoms with Gasteiger partial charge in [0.15, 0.2) is 0 Å². The smallest absolute Gasteiger partial charge is 0.118 e. The first-order chi connectivity index (χ1) is 14.3. The average Bonchev–Trinajstić information content (AvgIpc) is 2.79. The molecule has 0 saturated heterocycles. The zero-order valence-corrected chi connectivity index (χ0v) is 16.4. The van der Waals surface area contributed by atoms with Crippen molar-refractivity contribution in [3.05, 3.63) is 131 Å². The highest BCUT2D eigenvalue weighted by atomic mass is 16.5. The van der Waals surface area contributed by atoms with E-state index in [4.69, 9.17) is 4.74 Å². The van der Waals surface area contributed by atoms with E-state index in [-0.39, 0.29) is 17.6 Å². The van der Waals surface area contributed by atoms with E-state index < -0.39 is 0 Å². The highest BCUT2D eigenvalue weighted by molar-refractivity contribution is 5.46. The Balaban J connectivity index is 1.91. The number of phenols is 1. The van der Waals surface area contributed by atoms with Gasteiger partial charge in [-0.15, -0.1) is 0 Å². The second kappa shape index (κ2) is 8.66. The molecule has 0 radical (unpaired) electrons. The van der Waals surface area contributed by atoms with E-state index in [1.807, 2.05) is 24.3 Å². The summed E-state index contributed by atoms with van der Waals surface area (Å²) < 4.78 is 5.37. The molecule has 0 bridgehead atoms. The SMILES string of the molecule is COc1ccc(C(c2ccc(O)cc2)C(c2ccccc2)c2ccccc2)cc1. The van der Waals surface area contributed by atoms with E-state index in [1.54, 1.807) is 19.2 Å². The van der Waals surface area contributed by atoms with Crippen LogP contribution in [0.4, 0.5) is 0 Å². The summed E-state index contributed by atoms with van der Waals surface area (Å²) in [6.07, 6.45) is 0. The quantitative estimate of drug-likeness (QED) is 0.421. The lowest BCUT2D eigenvalue weighted by atomic mass is 9.74. The van der Waals surface area contributed by atoms with Crippen LogP contribution in [-0.2, 0) is 0 Å². The van der Waals surface area contributed by atoms with Crippen molar-refractivity contribution in [2.24, 2.45) is 0 Å². The van der Waals surface area contributed by atoms with Gasteiger partial charge in [-0.25, -0.2) is 0 Å². The van der Waals surface area contributed by atoms with Crippen molar-refractivity contribution < 1.29 is 9.84 Å². The molecule has 0 amide bonds. The largest absolute Gasteiger partial charge is 0.508 e. The van der Waals surface area contributed by atoms with Crippen molar-refractivity contribution in [3.8, 4) is 11.5 Å². The number of hydrogen-bond donors (Lipinski definition) is 1. The fourth-order valence-corrected chi connectivity index (χ4v) is 3.97. The van der Waals surface area contributed by atoms with Gasteiger partial charge in [-0.05, 0) is 46.5 Å². The van der Waals surface area contributed by atoms with Gasteiger partial charge in [0.25, 0.3) is 0 Å². The summed E-state index contributed by atoms with van der Waals surface area (Å²) in [6, 6.07) is 37.1. The van der Waals surface area contributed by atoms with Gasteiger partial charge in [0.2, 0.25) is 0 Å². The second-order valence-electron chi connectivity index (χ2n) is 7.14. The Morgan fingerprint density at radius 2 is 0.897 bits per heavy atom. The van der Waals surface area contributed by atoms with Crippen LogP contribution in [0.5, 0.6) is 11.5 Å². The second-order valence-corrected chi connectivity index (χ2v) is 7.14. The molecular weight excluding hydrogens is 356 g/mol. The van der Waals surface area contributed by atoms with Crippen LogP contribution in [0.15, 0.2) is 109 Å². The lowest BCUT2D eigenvalue weighted by Crippen LogP contribution is -2.14. The van der Waals surface area contributed by atoms with E-state index in [2.05, 4.69) is 72.8 Å². The number of aromatic hydroxyl groups is 1. The maximum absolute atomic E-state index is 9.83. The van der Waals surface area contributed by atoms with Crippen LogP contribution in [-0.4, -0.2) is 12.2 Å². The molecule has 29 heavy (non-hydrogen) atoms. The van der Waals surface area contributed by atoms with E-state index >= 15 is 0 Å². The fourth-order valence-electron chi connectivity index (χ4n) is 3.97. The summed E-state index contributed by atoms with van der Waals surface area (Å²) in [5, 5.41) is 9.83. The summed E-state index contributed by atoms with van der Waals surface area (Å²) in [5.41, 5.74) is 4.88. The van der Waals surface area contributed by atoms with Crippen LogP contribution >= 0.6 is 0 Å². The lowest BCUT2D eigenvalue weighted by Gasteiger charge is -2.29. The first-order valence-corrected chi connectivity index (χ1v) is 9.79. The Morgan fingerprint density at radius 3 is 1.31 bits per heavy atom. The van der Waals surface area contributed by atoms with Crippen molar-refractivity contribution in [1.29, 1.82) is 0 Å². The molecule has 4 aromatic carbocycles. The van der Waals surface area contributed by atoms with Gasteiger partial charge in [-0.2, -0.15) is 0 Å². The Kier molecular flexibility index (Phi) is 5.62. The van der Waals surface area contributed by atoms with Crippen LogP contribution < -0.4 is 4.74 Å². The monoisotopic (exact) mass is 380 g/mol. The van der Waals surface area contributed by atoms with E-state index in [0.717, 1.165) is 11.3 Å². The Bertz CT molecular complexity index is 984. The molecule has 0 aromatic heterocycles. The van der Waals surface area contributed by atoms with Gasteiger partial charge >= 0.3 is 0 Å². The minimum atomic E-state index is 0.0892. The molecule has 1 atom stereocenters. The number of benzene rings is 4. The van der Waals surface area contributed by atoms with Gasteiger partial charge < -0.3 is 9.84 Å². The minimum absolute atomic E-state index is 0.0892. The molecule has 0 aliphatic carbocycles. The van der Waals surface area contributed by atoms with Gasteiger partial charge in [-0.1, -0.05) is 84.9 Å². The number of ether oxygens (including phenoxy) is 1. The molecule has 0 heterocycles. The molecule has 1 N–H and O–H groups in total. The molecule has 4 aromatic rings. The summed E-state index contributed by atoms with van der Waals surface area (Å²) >= 11 is 0. The van der Waals surface area contributed by atoms with Gasteiger partial charge in [-0.3, -0.25) is 0 Å². The third kappa shape index (κ3) is 4.17. The third-order valence-corrected chi connectivity index (χ3v) is 5.38. The van der Waals surface area contributed by atoms with E-state index in [1.165, 1.54) is 16.7 Å². The van der Waals surface area contributed by atoms with Gasteiger partial charge in [0.05, 0.1) is 7.11 Å². The topological polar surface area (TPSA) is 29.5 Å². The van der Waals surface area contributed by atoms with E-state index in [0.29, 0.717) is 0 Å². The molecule has 2 nitrogen and oxygen atoms in total. The van der Waals surface area contributed by atoms with Crippen molar-refractivity contribution in [3.63, 3.8) is 0 Å². The Morgan fingerprint density at radius 1 is 0.517 bits per heavy atom. The summed E-state index contributed by atoms with van der Waals surface area (Å²) in [7, 11) is 1.68. The average molecular weight is 380 g/mol. The minimum Gasteiger partial charge on any atom is -0.508 e. The molecule has 2 heteroatoms. The number of hydrogen-bond acceptors (Lipinski definition) is 2. The van der Waals surface area contributed by atoms with Crippen molar-refractivity contribution >= 4 is 0 Å². The third-order valence-electron chi connectivity index (χ3n) is 5.38. The van der Waals surface area contributed by atoms with Crippen LogP contribution in [0.1, 0.15) is 34.1 Å². The van der Waals surface area contributed by atoms with Crippen molar-refractivity contribution in [1.82, 2.24) is 0 Å². The summed E-state index contributed by atoms with van der Waals surface area (Å²) in [4.78, 5) is 0. The van der Waals surface area contributed by atoms with Crippen molar-refractivity contribution in [2.75, 3.05) is 7.11 Å². The molecule has 0 spiro atoms. The first kappa shape index (κ1) is 18.8. The molecule has 144 valence electrons. The van der Waals surface area contributed by atoms with Crippen LogP contribution in [0.2, 0.25) is 0 Å². The summed E-state index contributed by atoms with van der Waals surface area (Å²) in [6.45, 7) is 0. The molecule has 0 aliphatic heterocycles. The Labute approximate surface area is 172 Å². The predicted molar refractivity (Wildman–Crippen MR) is 118 cm³/mol. The zero-order chi connectivity index (χ0) is 20.1. The van der Waals surface area contributed by atoms with Crippen LogP contribution in [0.25, 0.3) is 0 Å². The standard InChI is InChI=1S/C27H24O2/c1-29-25-18-14-23(15-19-25)27(22-12-16-24(28)17-13-22)26(20-8-4-2-5-9-20)21-10-6-3-7-11-21/h2-19,26-28H,1H3. The first-order valence-electron chi connectivity index (χ1n) is 9.79. The zero-order valence-electron chi connectivity index (χ0n) is 16.4. The molecule has 0 saturated carbocycles. The highest BCUT2D eigenvalue weighted by Crippen LogP contribution is 2.43. The molecule has 1 unspecified atom stereocenters. The normalized spacial score (nSPS) is 11.9. The van der Waals surface area contributed by atoms with Crippen LogP contribution in [0, 0.1) is 0 Å². The highest BCUT2D eigenvalue weighted by Gasteiger charge is 2.28. The number of rotatable bonds is 6. The van der Waals surface area contributed by atoms with Gasteiger partial charge in [0.1, 0.15) is 11.5 Å². The summed E-state index contributed by atoms with van der Waals surface area (Å²) in [5.74, 6) is 1.34. The van der Waals surface area contributed by atoms with Gasteiger partial charge in [0, 0.05) is 11.8 Å². The lowest BCUT2D eigenvalue weighted by molar-refractivity contribution is 0.414. The maximum atomic E-state index is 9.83. The predicted octanol–water partition coefficient (Wildman–Crippen LogP) is 6.36. The molecule has 0 aliphatic rings. The fraction of sp³-hybridized carbons (Fsp3) is 0.111. The maximum Gasteiger partial charge on any atom is 0.118 e. The molecule has 0 fully saturated rings.